The molecule has 0 aliphatic carbocycles. The molecule has 3 aromatic rings. The number of rotatable bonds is 3. The van der Waals surface area contributed by atoms with Gasteiger partial charge in [0.1, 0.15) is 5.65 Å². The molecule has 108 valence electrons. The van der Waals surface area contributed by atoms with Gasteiger partial charge in [-0.3, -0.25) is 0 Å². The second-order valence-electron chi connectivity index (χ2n) is 5.87. The molecule has 0 radical (unpaired) electrons. The molecule has 0 saturated carbocycles. The highest BCUT2D eigenvalue weighted by Gasteiger charge is 2.14. The second-order valence-corrected chi connectivity index (χ2v) is 5.87. The van der Waals surface area contributed by atoms with E-state index in [0.717, 1.165) is 17.9 Å². The van der Waals surface area contributed by atoms with Gasteiger partial charge in [-0.25, -0.2) is 4.98 Å². The molecule has 0 N–H and O–H groups in total. The van der Waals surface area contributed by atoms with Crippen LogP contribution in [0.3, 0.4) is 0 Å². The number of pyridine rings is 1. The average Bonchev–Trinajstić information content (AvgIpc) is 2.80. The van der Waals surface area contributed by atoms with Gasteiger partial charge in [-0.05, 0) is 57.3 Å². The van der Waals surface area contributed by atoms with Crippen LogP contribution in [0.25, 0.3) is 16.9 Å². The van der Waals surface area contributed by atoms with Crippen LogP contribution < -0.4 is 0 Å². The first-order chi connectivity index (χ1) is 10.1. The van der Waals surface area contributed by atoms with Crippen molar-refractivity contribution in [2.45, 2.75) is 20.4 Å². The van der Waals surface area contributed by atoms with Gasteiger partial charge in [0.25, 0.3) is 0 Å². The molecule has 0 amide bonds. The summed E-state index contributed by atoms with van der Waals surface area (Å²) in [6, 6.07) is 12.7. The van der Waals surface area contributed by atoms with Gasteiger partial charge in [-0.2, -0.15) is 0 Å². The van der Waals surface area contributed by atoms with Crippen LogP contribution in [-0.2, 0) is 6.54 Å². The summed E-state index contributed by atoms with van der Waals surface area (Å²) in [4.78, 5) is 7.02. The van der Waals surface area contributed by atoms with E-state index >= 15 is 0 Å². The van der Waals surface area contributed by atoms with Crippen molar-refractivity contribution in [3.8, 4) is 11.3 Å². The van der Waals surface area contributed by atoms with Crippen LogP contribution in [0.15, 0.2) is 42.6 Å². The summed E-state index contributed by atoms with van der Waals surface area (Å²) < 4.78 is 2.19. The Morgan fingerprint density at radius 1 is 1.05 bits per heavy atom. The highest BCUT2D eigenvalue weighted by Crippen LogP contribution is 2.27. The highest BCUT2D eigenvalue weighted by molar-refractivity contribution is 5.67. The lowest BCUT2D eigenvalue weighted by molar-refractivity contribution is 0.396. The quantitative estimate of drug-likeness (QED) is 0.729. The Morgan fingerprint density at radius 3 is 2.57 bits per heavy atom. The van der Waals surface area contributed by atoms with Crippen LogP contribution in [0.1, 0.15) is 16.8 Å². The molecule has 3 nitrogen and oxygen atoms in total. The van der Waals surface area contributed by atoms with Gasteiger partial charge in [0, 0.05) is 18.3 Å². The third kappa shape index (κ3) is 2.57. The topological polar surface area (TPSA) is 20.5 Å². The van der Waals surface area contributed by atoms with Gasteiger partial charge in [-0.15, -0.1) is 0 Å². The van der Waals surface area contributed by atoms with Crippen molar-refractivity contribution < 1.29 is 0 Å². The molecule has 0 bridgehead atoms. The third-order valence-electron chi connectivity index (χ3n) is 3.88. The lowest BCUT2D eigenvalue weighted by Crippen LogP contribution is -2.13. The Bertz CT molecular complexity index is 784. The molecule has 2 heterocycles. The minimum Gasteiger partial charge on any atom is -0.304 e. The van der Waals surface area contributed by atoms with Crippen molar-refractivity contribution in [2.75, 3.05) is 14.1 Å². The van der Waals surface area contributed by atoms with Crippen LogP contribution >= 0.6 is 0 Å². The van der Waals surface area contributed by atoms with Gasteiger partial charge < -0.3 is 9.30 Å². The zero-order chi connectivity index (χ0) is 15.0. The number of imidazole rings is 1. The number of benzene rings is 1. The fraction of sp³-hybridized carbons (Fsp3) is 0.278. The van der Waals surface area contributed by atoms with Crippen molar-refractivity contribution in [2.24, 2.45) is 0 Å². The zero-order valence-corrected chi connectivity index (χ0v) is 13.1. The molecule has 0 fully saturated rings. The van der Waals surface area contributed by atoms with Gasteiger partial charge in [0.05, 0.1) is 11.4 Å². The maximum atomic E-state index is 4.84. The van der Waals surface area contributed by atoms with Crippen LogP contribution in [0.4, 0.5) is 0 Å². The highest BCUT2D eigenvalue weighted by atomic mass is 15.1. The molecule has 2 aromatic heterocycles. The number of nitrogens with zero attached hydrogens (tertiary/aromatic N) is 3. The Balaban J connectivity index is 2.22. The van der Waals surface area contributed by atoms with Crippen molar-refractivity contribution in [3.05, 3.63) is 59.4 Å². The van der Waals surface area contributed by atoms with Crippen molar-refractivity contribution in [1.29, 1.82) is 0 Å². The van der Waals surface area contributed by atoms with Crippen LogP contribution in [-0.4, -0.2) is 28.4 Å². The molecule has 0 saturated heterocycles. The van der Waals surface area contributed by atoms with Crippen LogP contribution in [0.2, 0.25) is 0 Å². The molecule has 21 heavy (non-hydrogen) atoms. The van der Waals surface area contributed by atoms with E-state index in [2.05, 4.69) is 73.8 Å². The normalized spacial score (nSPS) is 11.5. The Kier molecular flexibility index (Phi) is 3.52. The Labute approximate surface area is 125 Å². The number of fused-ring (bicyclic) bond motifs is 1. The molecule has 3 heteroatoms. The molecule has 3 rings (SSSR count). The smallest absolute Gasteiger partial charge is 0.137 e. The predicted octanol–water partition coefficient (Wildman–Crippen LogP) is 3.68. The average molecular weight is 279 g/mol. The summed E-state index contributed by atoms with van der Waals surface area (Å²) in [5, 5.41) is 0. The van der Waals surface area contributed by atoms with E-state index in [1.54, 1.807) is 0 Å². The first-order valence-electron chi connectivity index (χ1n) is 7.24. The zero-order valence-electron chi connectivity index (χ0n) is 13.1. The van der Waals surface area contributed by atoms with Crippen molar-refractivity contribution in [3.63, 3.8) is 0 Å². The van der Waals surface area contributed by atoms with Gasteiger partial charge >= 0.3 is 0 Å². The van der Waals surface area contributed by atoms with Gasteiger partial charge in [-0.1, -0.05) is 18.2 Å². The fourth-order valence-corrected chi connectivity index (χ4v) is 2.62. The lowest BCUT2D eigenvalue weighted by atomic mass is 10.0. The lowest BCUT2D eigenvalue weighted by Gasteiger charge is -2.12. The van der Waals surface area contributed by atoms with E-state index in [4.69, 9.17) is 4.98 Å². The second kappa shape index (κ2) is 5.34. The maximum Gasteiger partial charge on any atom is 0.137 e. The summed E-state index contributed by atoms with van der Waals surface area (Å²) in [5.74, 6) is 0. The fourth-order valence-electron chi connectivity index (χ4n) is 2.62. The predicted molar refractivity (Wildman–Crippen MR) is 87.5 cm³/mol. The van der Waals surface area contributed by atoms with E-state index in [0.29, 0.717) is 0 Å². The molecule has 0 unspecified atom stereocenters. The van der Waals surface area contributed by atoms with E-state index < -0.39 is 0 Å². The minimum atomic E-state index is 0.868. The van der Waals surface area contributed by atoms with E-state index in [1.807, 2.05) is 6.07 Å². The standard InChI is InChI=1S/C18H21N3/c1-13-8-9-15(11-14(13)2)18-16(12-20(3)4)21-10-6-5-7-17(21)19-18/h5-11H,12H2,1-4H3. The first kappa shape index (κ1) is 13.8. The number of aryl methyl sites for hydroxylation is 2. The Morgan fingerprint density at radius 2 is 1.86 bits per heavy atom. The van der Waals surface area contributed by atoms with Crippen LogP contribution in [0.5, 0.6) is 0 Å². The first-order valence-corrected chi connectivity index (χ1v) is 7.24. The summed E-state index contributed by atoms with van der Waals surface area (Å²) in [6.07, 6.45) is 2.09. The van der Waals surface area contributed by atoms with Crippen molar-refractivity contribution in [1.82, 2.24) is 14.3 Å². The van der Waals surface area contributed by atoms with E-state index in [-0.39, 0.29) is 0 Å². The van der Waals surface area contributed by atoms with E-state index in [9.17, 15) is 0 Å². The van der Waals surface area contributed by atoms with E-state index in [1.165, 1.54) is 22.4 Å². The maximum absolute atomic E-state index is 4.84. The number of hydrogen-bond donors (Lipinski definition) is 0. The largest absolute Gasteiger partial charge is 0.304 e. The number of hydrogen-bond acceptors (Lipinski definition) is 2. The molecular formula is C18H21N3. The molecule has 0 aliphatic heterocycles. The summed E-state index contributed by atoms with van der Waals surface area (Å²) >= 11 is 0. The van der Waals surface area contributed by atoms with Crippen LogP contribution in [0, 0.1) is 13.8 Å². The summed E-state index contributed by atoms with van der Waals surface area (Å²) in [5.41, 5.74) is 7.13. The number of aromatic nitrogens is 2. The van der Waals surface area contributed by atoms with Gasteiger partial charge in [0.15, 0.2) is 0 Å². The molecule has 0 atom stereocenters. The summed E-state index contributed by atoms with van der Waals surface area (Å²) in [7, 11) is 4.18. The molecule has 0 aliphatic rings. The summed E-state index contributed by atoms with van der Waals surface area (Å²) in [6.45, 7) is 5.16. The SMILES string of the molecule is Cc1ccc(-c2nc3ccccn3c2CN(C)C)cc1C. The molecular weight excluding hydrogens is 258 g/mol. The molecule has 1 aromatic carbocycles. The third-order valence-corrected chi connectivity index (χ3v) is 3.88. The molecule has 0 spiro atoms. The monoisotopic (exact) mass is 279 g/mol. The minimum absolute atomic E-state index is 0.868. The van der Waals surface area contributed by atoms with Gasteiger partial charge in [0.2, 0.25) is 0 Å². The Hall–Kier alpha value is -2.13. The van der Waals surface area contributed by atoms with Crippen molar-refractivity contribution >= 4 is 5.65 Å².